The van der Waals surface area contributed by atoms with Crippen LogP contribution in [-0.2, 0) is 6.54 Å². The van der Waals surface area contributed by atoms with Gasteiger partial charge in [-0.15, -0.1) is 0 Å². The summed E-state index contributed by atoms with van der Waals surface area (Å²) >= 11 is 5.91. The van der Waals surface area contributed by atoms with Crippen LogP contribution in [0.1, 0.15) is 44.1 Å². The predicted molar refractivity (Wildman–Crippen MR) is 74.9 cm³/mol. The van der Waals surface area contributed by atoms with Crippen LogP contribution < -0.4 is 11.1 Å². The maximum atomic E-state index is 12.1. The number of hydrogen-bond donors (Lipinski definition) is 2. The third-order valence-electron chi connectivity index (χ3n) is 3.45. The van der Waals surface area contributed by atoms with Gasteiger partial charge in [-0.25, -0.2) is 0 Å². The van der Waals surface area contributed by atoms with E-state index >= 15 is 0 Å². The quantitative estimate of drug-likeness (QED) is 0.835. The van der Waals surface area contributed by atoms with Crippen LogP contribution in [-0.4, -0.2) is 22.6 Å². The molecule has 1 rings (SSSR count). The van der Waals surface area contributed by atoms with Gasteiger partial charge in [0.1, 0.15) is 5.69 Å². The molecule has 4 nitrogen and oxygen atoms in total. The first kappa shape index (κ1) is 15.1. The van der Waals surface area contributed by atoms with Gasteiger partial charge >= 0.3 is 0 Å². The van der Waals surface area contributed by atoms with Crippen LogP contribution in [0.25, 0.3) is 0 Å². The number of halogens is 1. The molecule has 0 aliphatic heterocycles. The summed E-state index contributed by atoms with van der Waals surface area (Å²) in [6, 6.07) is 1.68. The molecule has 1 heterocycles. The highest BCUT2D eigenvalue weighted by atomic mass is 35.5. The molecule has 3 N–H and O–H groups in total. The topological polar surface area (TPSA) is 60.0 Å². The Bertz CT molecular complexity index is 410. The average molecular weight is 272 g/mol. The molecule has 102 valence electrons. The average Bonchev–Trinajstić information content (AvgIpc) is 2.76. The largest absolute Gasteiger partial charge is 0.349 e. The number of carbonyl (C=O) groups excluding carboxylic acids is 1. The van der Waals surface area contributed by atoms with Gasteiger partial charge in [-0.2, -0.15) is 0 Å². The van der Waals surface area contributed by atoms with E-state index in [4.69, 9.17) is 17.3 Å². The van der Waals surface area contributed by atoms with E-state index in [9.17, 15) is 4.79 Å². The summed E-state index contributed by atoms with van der Waals surface area (Å²) in [6.45, 7) is 7.22. The van der Waals surface area contributed by atoms with Crippen molar-refractivity contribution in [1.82, 2.24) is 9.88 Å². The molecule has 1 aromatic heterocycles. The first-order valence-electron chi connectivity index (χ1n) is 6.38. The SMILES string of the molecule is CCn1cc(Cl)cc1C(=O)NCC(N)(CC)CC. The lowest BCUT2D eigenvalue weighted by Gasteiger charge is -2.26. The van der Waals surface area contributed by atoms with Crippen molar-refractivity contribution >= 4 is 17.5 Å². The lowest BCUT2D eigenvalue weighted by Crippen LogP contribution is -2.49. The normalized spacial score (nSPS) is 11.6. The van der Waals surface area contributed by atoms with Crippen LogP contribution in [0.4, 0.5) is 0 Å². The molecular weight excluding hydrogens is 250 g/mol. The third kappa shape index (κ3) is 3.50. The van der Waals surface area contributed by atoms with Crippen molar-refractivity contribution in [2.24, 2.45) is 5.73 Å². The van der Waals surface area contributed by atoms with E-state index < -0.39 is 0 Å². The van der Waals surface area contributed by atoms with Crippen LogP contribution in [0.3, 0.4) is 0 Å². The van der Waals surface area contributed by atoms with Gasteiger partial charge in [-0.3, -0.25) is 4.79 Å². The molecule has 0 spiro atoms. The molecule has 0 saturated heterocycles. The predicted octanol–water partition coefficient (Wildman–Crippen LogP) is 2.41. The molecule has 0 aromatic carbocycles. The molecule has 5 heteroatoms. The summed E-state index contributed by atoms with van der Waals surface area (Å²) in [5.74, 6) is -0.125. The summed E-state index contributed by atoms with van der Waals surface area (Å²) in [5, 5.41) is 3.46. The van der Waals surface area contributed by atoms with Crippen molar-refractivity contribution in [3.63, 3.8) is 0 Å². The highest BCUT2D eigenvalue weighted by molar-refractivity contribution is 6.31. The second kappa shape index (κ2) is 6.25. The number of nitrogens with one attached hydrogen (secondary N) is 1. The fourth-order valence-corrected chi connectivity index (χ4v) is 1.99. The number of hydrogen-bond acceptors (Lipinski definition) is 2. The molecule has 0 fully saturated rings. The Balaban J connectivity index is 2.71. The standard InChI is InChI=1S/C13H22ClN3O/c1-4-13(15,5-2)9-16-12(18)11-7-10(14)8-17(11)6-3/h7-8H,4-6,9,15H2,1-3H3,(H,16,18). The molecule has 0 radical (unpaired) electrons. The van der Waals surface area contributed by atoms with Gasteiger partial charge in [0.15, 0.2) is 0 Å². The summed E-state index contributed by atoms with van der Waals surface area (Å²) in [7, 11) is 0. The second-order valence-corrected chi connectivity index (χ2v) is 5.02. The highest BCUT2D eigenvalue weighted by Crippen LogP contribution is 2.15. The molecule has 1 aromatic rings. The van der Waals surface area contributed by atoms with Gasteiger partial charge in [0, 0.05) is 24.8 Å². The summed E-state index contributed by atoms with van der Waals surface area (Å²) in [5.41, 5.74) is 6.40. The Kier molecular flexibility index (Phi) is 5.23. The van der Waals surface area contributed by atoms with Gasteiger partial charge in [0.25, 0.3) is 5.91 Å². The van der Waals surface area contributed by atoms with Crippen molar-refractivity contribution in [3.8, 4) is 0 Å². The number of aromatic nitrogens is 1. The lowest BCUT2D eigenvalue weighted by molar-refractivity contribution is 0.0933. The zero-order valence-corrected chi connectivity index (χ0v) is 12.0. The number of rotatable bonds is 6. The number of carbonyl (C=O) groups is 1. The van der Waals surface area contributed by atoms with Gasteiger partial charge < -0.3 is 15.6 Å². The smallest absolute Gasteiger partial charge is 0.268 e. The molecule has 0 unspecified atom stereocenters. The lowest BCUT2D eigenvalue weighted by atomic mass is 9.94. The maximum Gasteiger partial charge on any atom is 0.268 e. The summed E-state index contributed by atoms with van der Waals surface area (Å²) in [4.78, 5) is 12.1. The molecule has 0 aliphatic rings. The van der Waals surface area contributed by atoms with Crippen molar-refractivity contribution in [2.45, 2.75) is 45.7 Å². The van der Waals surface area contributed by atoms with E-state index in [1.165, 1.54) is 0 Å². The second-order valence-electron chi connectivity index (χ2n) is 4.58. The van der Waals surface area contributed by atoms with Crippen molar-refractivity contribution in [2.75, 3.05) is 6.54 Å². The van der Waals surface area contributed by atoms with Crippen molar-refractivity contribution < 1.29 is 4.79 Å². The monoisotopic (exact) mass is 271 g/mol. The first-order valence-corrected chi connectivity index (χ1v) is 6.76. The maximum absolute atomic E-state index is 12.1. The van der Waals surface area contributed by atoms with E-state index in [2.05, 4.69) is 5.32 Å². The minimum atomic E-state index is -0.330. The van der Waals surface area contributed by atoms with E-state index in [0.29, 0.717) is 23.8 Å². The van der Waals surface area contributed by atoms with Crippen LogP contribution >= 0.6 is 11.6 Å². The van der Waals surface area contributed by atoms with Gasteiger partial charge in [0.05, 0.1) is 5.02 Å². The molecule has 1 amide bonds. The Morgan fingerprint density at radius 3 is 2.56 bits per heavy atom. The minimum Gasteiger partial charge on any atom is -0.349 e. The number of aryl methyl sites for hydroxylation is 1. The van der Waals surface area contributed by atoms with Gasteiger partial charge in [-0.1, -0.05) is 25.4 Å². The highest BCUT2D eigenvalue weighted by Gasteiger charge is 2.22. The minimum absolute atomic E-state index is 0.125. The van der Waals surface area contributed by atoms with Crippen LogP contribution in [0.5, 0.6) is 0 Å². The number of nitrogens with zero attached hydrogens (tertiary/aromatic N) is 1. The van der Waals surface area contributed by atoms with E-state index in [1.54, 1.807) is 12.3 Å². The van der Waals surface area contributed by atoms with E-state index in [-0.39, 0.29) is 11.4 Å². The summed E-state index contributed by atoms with van der Waals surface area (Å²) < 4.78 is 1.83. The fraction of sp³-hybridized carbons (Fsp3) is 0.615. The Morgan fingerprint density at radius 2 is 2.06 bits per heavy atom. The Hall–Kier alpha value is -1.00. The fourth-order valence-electron chi connectivity index (χ4n) is 1.77. The Morgan fingerprint density at radius 1 is 1.44 bits per heavy atom. The first-order chi connectivity index (χ1) is 8.45. The van der Waals surface area contributed by atoms with E-state index in [1.807, 2.05) is 25.3 Å². The van der Waals surface area contributed by atoms with Crippen molar-refractivity contribution in [3.05, 3.63) is 23.0 Å². The van der Waals surface area contributed by atoms with Gasteiger partial charge in [0.2, 0.25) is 0 Å². The third-order valence-corrected chi connectivity index (χ3v) is 3.65. The van der Waals surface area contributed by atoms with E-state index in [0.717, 1.165) is 12.8 Å². The summed E-state index contributed by atoms with van der Waals surface area (Å²) in [6.07, 6.45) is 3.42. The molecule has 0 saturated carbocycles. The zero-order chi connectivity index (χ0) is 13.8. The molecular formula is C13H22ClN3O. The number of amides is 1. The molecule has 0 aliphatic carbocycles. The van der Waals surface area contributed by atoms with Crippen molar-refractivity contribution in [1.29, 1.82) is 0 Å². The van der Waals surface area contributed by atoms with Crippen LogP contribution in [0.15, 0.2) is 12.3 Å². The Labute approximate surface area is 113 Å². The van der Waals surface area contributed by atoms with Crippen LogP contribution in [0, 0.1) is 0 Å². The zero-order valence-electron chi connectivity index (χ0n) is 11.3. The number of nitrogens with two attached hydrogens (primary N) is 1. The molecule has 18 heavy (non-hydrogen) atoms. The van der Waals surface area contributed by atoms with Crippen LogP contribution in [0.2, 0.25) is 5.02 Å². The van der Waals surface area contributed by atoms with Gasteiger partial charge in [-0.05, 0) is 25.8 Å². The molecule has 0 atom stereocenters. The molecule has 0 bridgehead atoms.